The van der Waals surface area contributed by atoms with Crippen molar-refractivity contribution < 1.29 is 39.1 Å². The third-order valence-electron chi connectivity index (χ3n) is 3.54. The van der Waals surface area contributed by atoms with Crippen LogP contribution in [-0.4, -0.2) is 65.5 Å². The van der Waals surface area contributed by atoms with Gasteiger partial charge in [0.05, 0.1) is 0 Å². The summed E-state index contributed by atoms with van der Waals surface area (Å²) in [4.78, 5) is 41.8. The van der Waals surface area contributed by atoms with Gasteiger partial charge in [-0.1, -0.05) is 0 Å². The molecule has 1 saturated heterocycles. The third-order valence-corrected chi connectivity index (χ3v) is 4.52. The largest absolute Gasteiger partial charge is 0.387 e. The Labute approximate surface area is 134 Å². The van der Waals surface area contributed by atoms with Crippen LogP contribution in [0.25, 0.3) is 0 Å². The van der Waals surface area contributed by atoms with E-state index in [9.17, 15) is 29.5 Å². The number of ether oxygens (including phenoxy) is 2. The van der Waals surface area contributed by atoms with Crippen LogP contribution in [0, 0.1) is 0 Å². The topological polar surface area (TPSA) is 181 Å². The van der Waals surface area contributed by atoms with Crippen LogP contribution in [0.4, 0.5) is 0 Å². The minimum absolute atomic E-state index is 0.377. The molecule has 1 aliphatic rings. The van der Waals surface area contributed by atoms with E-state index in [0.717, 1.165) is 16.8 Å². The van der Waals surface area contributed by atoms with Crippen molar-refractivity contribution in [2.45, 2.75) is 37.1 Å². The van der Waals surface area contributed by atoms with Gasteiger partial charge in [-0.3, -0.25) is 13.9 Å². The Kier molecular flexibility index (Phi) is 5.42. The molecule has 0 bridgehead atoms. The highest BCUT2D eigenvalue weighted by Crippen LogP contribution is 2.46. The summed E-state index contributed by atoms with van der Waals surface area (Å²) in [6.45, 7) is -0.377. The second-order valence-corrected chi connectivity index (χ2v) is 6.87. The zero-order chi connectivity index (χ0) is 18.2. The number of aliphatic hydroxyl groups excluding tert-OH is 3. The van der Waals surface area contributed by atoms with Crippen molar-refractivity contribution in [2.75, 3.05) is 7.11 Å². The SMILES string of the molecule is COCn1c(=O)ccn([C@@H]2O[C@H]([C@@H](O)P(=O)(O)O)[C@@H](O)[C@H]2O)c1=O. The van der Waals surface area contributed by atoms with Gasteiger partial charge in [0.15, 0.2) is 12.1 Å². The van der Waals surface area contributed by atoms with E-state index in [1.807, 2.05) is 0 Å². The normalized spacial score (nSPS) is 28.9. The van der Waals surface area contributed by atoms with Crippen LogP contribution < -0.4 is 11.2 Å². The van der Waals surface area contributed by atoms with Crippen LogP contribution in [0.5, 0.6) is 0 Å². The zero-order valence-corrected chi connectivity index (χ0v) is 13.3. The maximum atomic E-state index is 12.2. The molecule has 13 heteroatoms. The van der Waals surface area contributed by atoms with E-state index in [-0.39, 0.29) is 6.73 Å². The van der Waals surface area contributed by atoms with Crippen LogP contribution in [-0.2, 0) is 20.8 Å². The molecule has 0 aromatic carbocycles. The Morgan fingerprint density at radius 1 is 1.33 bits per heavy atom. The van der Waals surface area contributed by atoms with E-state index in [1.54, 1.807) is 0 Å². The summed E-state index contributed by atoms with van der Waals surface area (Å²) in [5.74, 6) is -2.40. The summed E-state index contributed by atoms with van der Waals surface area (Å²) >= 11 is 0. The molecule has 5 N–H and O–H groups in total. The maximum Gasteiger partial charge on any atom is 0.356 e. The number of nitrogens with zero attached hydrogens (tertiary/aromatic N) is 2. The van der Waals surface area contributed by atoms with Crippen molar-refractivity contribution in [2.24, 2.45) is 0 Å². The Morgan fingerprint density at radius 2 is 1.96 bits per heavy atom. The number of hydrogen-bond donors (Lipinski definition) is 5. The molecule has 5 atom stereocenters. The summed E-state index contributed by atoms with van der Waals surface area (Å²) in [5, 5.41) is 29.4. The van der Waals surface area contributed by atoms with Gasteiger partial charge in [0.2, 0.25) is 0 Å². The number of hydrogen-bond acceptors (Lipinski definition) is 8. The van der Waals surface area contributed by atoms with Crippen LogP contribution in [0.1, 0.15) is 6.23 Å². The van der Waals surface area contributed by atoms with Gasteiger partial charge >= 0.3 is 13.3 Å². The fraction of sp³-hybridized carbons (Fsp3) is 0.636. The second-order valence-electron chi connectivity index (χ2n) is 5.16. The van der Waals surface area contributed by atoms with Crippen molar-refractivity contribution in [1.82, 2.24) is 9.13 Å². The molecule has 0 radical (unpaired) electrons. The lowest BCUT2D eigenvalue weighted by molar-refractivity contribution is -0.0704. The molecule has 2 heterocycles. The van der Waals surface area contributed by atoms with Crippen molar-refractivity contribution in [3.05, 3.63) is 33.1 Å². The first-order valence-electron chi connectivity index (χ1n) is 6.65. The molecule has 2 rings (SSSR count). The smallest absolute Gasteiger partial charge is 0.356 e. The summed E-state index contributed by atoms with van der Waals surface area (Å²) in [5.41, 5.74) is -1.62. The number of rotatable bonds is 5. The average molecular weight is 368 g/mol. The first kappa shape index (κ1) is 19.0. The predicted molar refractivity (Wildman–Crippen MR) is 75.9 cm³/mol. The van der Waals surface area contributed by atoms with Gasteiger partial charge in [0, 0.05) is 19.4 Å². The van der Waals surface area contributed by atoms with Gasteiger partial charge in [-0.2, -0.15) is 0 Å². The molecule has 1 aromatic heterocycles. The van der Waals surface area contributed by atoms with Gasteiger partial charge in [-0.25, -0.2) is 9.36 Å². The quantitative estimate of drug-likeness (QED) is 0.331. The maximum absolute atomic E-state index is 12.2. The highest BCUT2D eigenvalue weighted by Gasteiger charge is 2.51. The lowest BCUT2D eigenvalue weighted by Crippen LogP contribution is -2.43. The fourth-order valence-electron chi connectivity index (χ4n) is 2.33. The lowest BCUT2D eigenvalue weighted by atomic mass is 10.1. The van der Waals surface area contributed by atoms with Gasteiger partial charge in [0.1, 0.15) is 25.0 Å². The monoisotopic (exact) mass is 368 g/mol. The first-order valence-corrected chi connectivity index (χ1v) is 8.33. The van der Waals surface area contributed by atoms with E-state index in [2.05, 4.69) is 0 Å². The highest BCUT2D eigenvalue weighted by molar-refractivity contribution is 7.52. The predicted octanol–water partition coefficient (Wildman–Crippen LogP) is -3.27. The Hall–Kier alpha value is -1.37. The first-order chi connectivity index (χ1) is 11.1. The Bertz CT molecular complexity index is 754. The molecular weight excluding hydrogens is 351 g/mol. The standard InChI is InChI=1S/C11H17N2O10P/c1-22-4-13-5(14)2-3-12(11(13)18)9-7(16)6(15)8(23-9)10(17)24(19,20)21/h2-3,6-10,15-17H,4H2,1H3,(H2,19,20,21)/t6-,7+,8-,9+,10-/m0/s1. The molecule has 0 spiro atoms. The summed E-state index contributed by atoms with van der Waals surface area (Å²) in [6.07, 6.45) is -6.05. The number of aliphatic hydroxyl groups is 3. The van der Waals surface area contributed by atoms with Crippen LogP contribution in [0.3, 0.4) is 0 Å². The zero-order valence-electron chi connectivity index (χ0n) is 12.4. The van der Waals surface area contributed by atoms with E-state index < -0.39 is 49.2 Å². The fourth-order valence-corrected chi connectivity index (χ4v) is 2.96. The molecule has 1 fully saturated rings. The van der Waals surface area contributed by atoms with Crippen molar-refractivity contribution in [1.29, 1.82) is 0 Å². The average Bonchev–Trinajstić information content (AvgIpc) is 2.78. The summed E-state index contributed by atoms with van der Waals surface area (Å²) < 4.78 is 22.3. The van der Waals surface area contributed by atoms with E-state index in [1.165, 1.54) is 7.11 Å². The molecule has 0 saturated carbocycles. The summed E-state index contributed by atoms with van der Waals surface area (Å²) in [7, 11) is -3.78. The van der Waals surface area contributed by atoms with Gasteiger partial charge in [-0.05, 0) is 0 Å². The van der Waals surface area contributed by atoms with Crippen LogP contribution >= 0.6 is 7.60 Å². The van der Waals surface area contributed by atoms with E-state index in [4.69, 9.17) is 19.3 Å². The molecule has 1 aromatic rings. The van der Waals surface area contributed by atoms with Crippen LogP contribution in [0.15, 0.2) is 21.9 Å². The molecule has 0 aliphatic carbocycles. The molecule has 12 nitrogen and oxygen atoms in total. The minimum Gasteiger partial charge on any atom is -0.387 e. The van der Waals surface area contributed by atoms with Gasteiger partial charge < -0.3 is 34.6 Å². The van der Waals surface area contributed by atoms with Crippen molar-refractivity contribution >= 4 is 7.60 Å². The van der Waals surface area contributed by atoms with E-state index in [0.29, 0.717) is 4.57 Å². The number of methoxy groups -OCH3 is 1. The van der Waals surface area contributed by atoms with Crippen molar-refractivity contribution in [3.8, 4) is 0 Å². The lowest BCUT2D eigenvalue weighted by Gasteiger charge is -2.21. The highest BCUT2D eigenvalue weighted by atomic mass is 31.2. The molecular formula is C11H17N2O10P. The number of aromatic nitrogens is 2. The van der Waals surface area contributed by atoms with Crippen molar-refractivity contribution in [3.63, 3.8) is 0 Å². The Balaban J connectivity index is 2.41. The second kappa shape index (κ2) is 6.86. The van der Waals surface area contributed by atoms with E-state index >= 15 is 0 Å². The molecule has 24 heavy (non-hydrogen) atoms. The summed E-state index contributed by atoms with van der Waals surface area (Å²) in [6, 6.07) is 0.982. The molecule has 0 unspecified atom stereocenters. The third kappa shape index (κ3) is 3.36. The van der Waals surface area contributed by atoms with Crippen LogP contribution in [0.2, 0.25) is 0 Å². The Morgan fingerprint density at radius 3 is 2.50 bits per heavy atom. The molecule has 0 amide bonds. The van der Waals surface area contributed by atoms with Gasteiger partial charge in [-0.15, -0.1) is 0 Å². The molecule has 1 aliphatic heterocycles. The molecule has 136 valence electrons. The minimum atomic E-state index is -5.03. The van der Waals surface area contributed by atoms with Gasteiger partial charge in [0.25, 0.3) is 5.56 Å².